The monoisotopic (exact) mass is 391 g/mol. The van der Waals surface area contributed by atoms with Crippen molar-refractivity contribution < 1.29 is 9.53 Å². The molecule has 0 bridgehead atoms. The van der Waals surface area contributed by atoms with Crippen molar-refractivity contribution in [3.8, 4) is 5.75 Å². The highest BCUT2D eigenvalue weighted by Gasteiger charge is 2.36. The van der Waals surface area contributed by atoms with Crippen LogP contribution in [0.25, 0.3) is 0 Å². The number of para-hydroxylation sites is 1. The smallest absolute Gasteiger partial charge is 0.254 e. The largest absolute Gasteiger partial charge is 0.464 e. The lowest BCUT2D eigenvalue weighted by Gasteiger charge is -2.26. The van der Waals surface area contributed by atoms with E-state index in [-0.39, 0.29) is 0 Å². The number of benzene rings is 2. The fourth-order valence-corrected chi connectivity index (χ4v) is 2.31. The number of hydrogen-bond donors (Lipinski definition) is 1. The molecule has 0 aliphatic rings. The predicted molar refractivity (Wildman–Crippen MR) is 94.8 cm³/mol. The van der Waals surface area contributed by atoms with Crippen LogP contribution in [0.4, 0.5) is 0 Å². The van der Waals surface area contributed by atoms with Gasteiger partial charge in [-0.1, -0.05) is 76.2 Å². The number of hydrogen-bond acceptors (Lipinski definition) is 2. The van der Waals surface area contributed by atoms with Crippen LogP contribution in [0, 0.1) is 6.92 Å². The maximum atomic E-state index is 12.3. The summed E-state index contributed by atoms with van der Waals surface area (Å²) in [6.45, 7) is 1.88. The van der Waals surface area contributed by atoms with Crippen LogP contribution in [0.2, 0.25) is 5.02 Å². The van der Waals surface area contributed by atoms with Crippen molar-refractivity contribution >= 4 is 52.3 Å². The highest BCUT2D eigenvalue weighted by molar-refractivity contribution is 6.68. The topological polar surface area (TPSA) is 38.3 Å². The fourth-order valence-electron chi connectivity index (χ4n) is 1.83. The quantitative estimate of drug-likeness (QED) is 0.576. The molecule has 1 N–H and O–H groups in total. The molecule has 2 aromatic rings. The zero-order valence-electron chi connectivity index (χ0n) is 12.0. The van der Waals surface area contributed by atoms with E-state index in [1.54, 1.807) is 42.5 Å². The Kier molecular flexibility index (Phi) is 6.04. The van der Waals surface area contributed by atoms with Gasteiger partial charge in [-0.3, -0.25) is 4.79 Å². The molecule has 0 aliphatic carbocycles. The molecule has 0 unspecified atom stereocenters. The molecule has 1 atom stereocenters. The van der Waals surface area contributed by atoms with Gasteiger partial charge in [0.05, 0.1) is 5.02 Å². The van der Waals surface area contributed by atoms with E-state index >= 15 is 0 Å². The van der Waals surface area contributed by atoms with Crippen LogP contribution >= 0.6 is 46.4 Å². The Bertz CT molecular complexity index is 700. The van der Waals surface area contributed by atoms with Gasteiger partial charge in [0, 0.05) is 5.56 Å². The maximum absolute atomic E-state index is 12.3. The first-order chi connectivity index (χ1) is 10.8. The van der Waals surface area contributed by atoms with E-state index in [4.69, 9.17) is 51.1 Å². The average Bonchev–Trinajstić information content (AvgIpc) is 2.47. The fraction of sp³-hybridized carbons (Fsp3) is 0.188. The Morgan fingerprint density at radius 1 is 1.13 bits per heavy atom. The first-order valence-corrected chi connectivity index (χ1v) is 8.14. The second-order valence-electron chi connectivity index (χ2n) is 4.81. The van der Waals surface area contributed by atoms with Gasteiger partial charge in [-0.2, -0.15) is 0 Å². The molecule has 23 heavy (non-hydrogen) atoms. The first-order valence-electron chi connectivity index (χ1n) is 6.63. The summed E-state index contributed by atoms with van der Waals surface area (Å²) in [5.41, 5.74) is 1.38. The van der Waals surface area contributed by atoms with Crippen molar-refractivity contribution in [3.63, 3.8) is 0 Å². The number of nitrogens with one attached hydrogen (secondary N) is 1. The van der Waals surface area contributed by atoms with Gasteiger partial charge in [-0.05, 0) is 31.2 Å². The summed E-state index contributed by atoms with van der Waals surface area (Å²) in [6, 6.07) is 13.7. The highest BCUT2D eigenvalue weighted by atomic mass is 35.6. The van der Waals surface area contributed by atoms with Crippen molar-refractivity contribution in [2.75, 3.05) is 0 Å². The molecule has 7 heteroatoms. The number of carbonyl (C=O) groups is 1. The van der Waals surface area contributed by atoms with E-state index in [9.17, 15) is 4.79 Å². The molecular weight excluding hydrogens is 380 g/mol. The van der Waals surface area contributed by atoms with Crippen LogP contribution < -0.4 is 10.1 Å². The zero-order valence-corrected chi connectivity index (χ0v) is 15.0. The van der Waals surface area contributed by atoms with E-state index < -0.39 is 15.9 Å². The Morgan fingerprint density at radius 3 is 2.43 bits per heavy atom. The summed E-state index contributed by atoms with van der Waals surface area (Å²) in [5.74, 6) is -0.118. The van der Waals surface area contributed by atoms with Crippen LogP contribution in [0.15, 0.2) is 48.5 Å². The van der Waals surface area contributed by atoms with Gasteiger partial charge in [0.2, 0.25) is 10.0 Å². The molecule has 1 amide bonds. The second-order valence-corrected chi connectivity index (χ2v) is 7.59. The van der Waals surface area contributed by atoms with Gasteiger partial charge >= 0.3 is 0 Å². The van der Waals surface area contributed by atoms with E-state index in [2.05, 4.69) is 5.32 Å². The molecule has 0 saturated heterocycles. The van der Waals surface area contributed by atoms with Crippen LogP contribution in [0.1, 0.15) is 15.9 Å². The van der Waals surface area contributed by atoms with Gasteiger partial charge < -0.3 is 10.1 Å². The number of carbonyl (C=O) groups excluding carboxylic acids is 1. The summed E-state index contributed by atoms with van der Waals surface area (Å²) >= 11 is 23.8. The van der Waals surface area contributed by atoms with Gasteiger partial charge in [-0.25, -0.2) is 0 Å². The molecular formula is C16H13Cl4NO2. The normalized spacial score (nSPS) is 12.6. The molecule has 0 aromatic heterocycles. The highest BCUT2D eigenvalue weighted by Crippen LogP contribution is 2.34. The molecule has 3 nitrogen and oxygen atoms in total. The molecule has 2 aromatic carbocycles. The van der Waals surface area contributed by atoms with Gasteiger partial charge in [0.25, 0.3) is 5.91 Å². The lowest BCUT2D eigenvalue weighted by atomic mass is 10.1. The number of rotatable bonds is 4. The lowest BCUT2D eigenvalue weighted by Crippen LogP contribution is -2.47. The molecule has 0 radical (unpaired) electrons. The summed E-state index contributed by atoms with van der Waals surface area (Å²) in [6.07, 6.45) is -1.21. The predicted octanol–water partition coefficient (Wildman–Crippen LogP) is 5.15. The van der Waals surface area contributed by atoms with E-state index in [0.717, 1.165) is 5.56 Å². The third-order valence-corrected chi connectivity index (χ3v) is 3.83. The third-order valence-electron chi connectivity index (χ3n) is 2.92. The Balaban J connectivity index is 2.20. The Morgan fingerprint density at radius 2 is 1.83 bits per heavy atom. The number of ether oxygens (including phenoxy) is 1. The zero-order chi connectivity index (χ0) is 17.0. The summed E-state index contributed by atoms with van der Waals surface area (Å²) < 4.78 is 3.70. The van der Waals surface area contributed by atoms with Crippen LogP contribution in [-0.4, -0.2) is 15.9 Å². The Labute approximate surface area is 154 Å². The van der Waals surface area contributed by atoms with Crippen molar-refractivity contribution in [2.45, 2.75) is 16.9 Å². The third kappa shape index (κ3) is 5.18. The van der Waals surface area contributed by atoms with Gasteiger partial charge in [-0.15, -0.1) is 0 Å². The SMILES string of the molecule is Cc1cccc(C(=O)N[C@@H](Oc2ccccc2Cl)C(Cl)(Cl)Cl)c1. The van der Waals surface area contributed by atoms with Crippen molar-refractivity contribution in [1.82, 2.24) is 5.32 Å². The van der Waals surface area contributed by atoms with Gasteiger partial charge in [0.1, 0.15) is 5.75 Å². The number of amides is 1. The number of aryl methyl sites for hydroxylation is 1. The van der Waals surface area contributed by atoms with Gasteiger partial charge in [0.15, 0.2) is 0 Å². The molecule has 0 saturated carbocycles. The minimum atomic E-state index is -1.88. The maximum Gasteiger partial charge on any atom is 0.254 e. The minimum Gasteiger partial charge on any atom is -0.464 e. The number of alkyl halides is 3. The molecule has 0 fully saturated rings. The standard InChI is InChI=1S/C16H13Cl4NO2/c1-10-5-4-6-11(9-10)14(22)21-15(16(18,19)20)23-13-8-3-2-7-12(13)17/h2-9,15H,1H3,(H,21,22)/t15-/m0/s1. The number of halogens is 4. The lowest BCUT2D eigenvalue weighted by molar-refractivity contribution is 0.0833. The molecule has 0 heterocycles. The molecule has 0 aliphatic heterocycles. The second kappa shape index (κ2) is 7.63. The average molecular weight is 393 g/mol. The van der Waals surface area contributed by atoms with Crippen LogP contribution in [-0.2, 0) is 0 Å². The summed E-state index contributed by atoms with van der Waals surface area (Å²) in [5, 5.41) is 2.90. The van der Waals surface area contributed by atoms with E-state index in [1.165, 1.54) is 0 Å². The first kappa shape index (κ1) is 18.2. The molecule has 0 spiro atoms. The van der Waals surface area contributed by atoms with E-state index in [1.807, 2.05) is 13.0 Å². The molecule has 2 rings (SSSR count). The van der Waals surface area contributed by atoms with Crippen molar-refractivity contribution in [2.24, 2.45) is 0 Å². The van der Waals surface area contributed by atoms with Crippen molar-refractivity contribution in [1.29, 1.82) is 0 Å². The van der Waals surface area contributed by atoms with Crippen LogP contribution in [0.5, 0.6) is 5.75 Å². The Hall–Kier alpha value is -1.13. The summed E-state index contributed by atoms with van der Waals surface area (Å²) in [4.78, 5) is 12.3. The van der Waals surface area contributed by atoms with E-state index in [0.29, 0.717) is 16.3 Å². The van der Waals surface area contributed by atoms with Crippen LogP contribution in [0.3, 0.4) is 0 Å². The van der Waals surface area contributed by atoms with Crippen molar-refractivity contribution in [3.05, 3.63) is 64.7 Å². The molecule has 122 valence electrons. The minimum absolute atomic E-state index is 0.301. The summed E-state index contributed by atoms with van der Waals surface area (Å²) in [7, 11) is 0.